The van der Waals surface area contributed by atoms with E-state index in [4.69, 9.17) is 23.7 Å². The Balaban J connectivity index is 1.55. The Labute approximate surface area is 156 Å². The van der Waals surface area contributed by atoms with Gasteiger partial charge in [-0.1, -0.05) is 60.7 Å². The summed E-state index contributed by atoms with van der Waals surface area (Å²) in [4.78, 5) is 13.2. The summed E-state index contributed by atoms with van der Waals surface area (Å²) in [6.07, 6.45) is -1.31. The summed E-state index contributed by atoms with van der Waals surface area (Å²) in [5.74, 6) is -2.85. The third kappa shape index (κ3) is 2.64. The van der Waals surface area contributed by atoms with Gasteiger partial charge in [-0.3, -0.25) is 4.79 Å². The smallest absolute Gasteiger partial charge is 0.256 e. The molecule has 0 aromatic heterocycles. The Hall–Kier alpha value is -2.09. The van der Waals surface area contributed by atoms with Crippen molar-refractivity contribution in [2.24, 2.45) is 0 Å². The first-order valence-electron chi connectivity index (χ1n) is 9.10. The predicted octanol–water partition coefficient (Wildman–Crippen LogP) is 2.01. The fourth-order valence-electron chi connectivity index (χ4n) is 3.90. The average molecular weight is 368 g/mol. The van der Waals surface area contributed by atoms with Crippen LogP contribution >= 0.6 is 0 Å². The molecule has 6 nitrogen and oxygen atoms in total. The summed E-state index contributed by atoms with van der Waals surface area (Å²) >= 11 is 0. The van der Waals surface area contributed by atoms with Crippen LogP contribution in [0.15, 0.2) is 60.7 Å². The number of hydrogen-bond acceptors (Lipinski definition) is 6. The molecule has 0 aliphatic carbocycles. The predicted molar refractivity (Wildman–Crippen MR) is 93.9 cm³/mol. The van der Waals surface area contributed by atoms with Crippen LogP contribution in [0.2, 0.25) is 0 Å². The van der Waals surface area contributed by atoms with Crippen molar-refractivity contribution in [3.63, 3.8) is 0 Å². The van der Waals surface area contributed by atoms with Crippen molar-refractivity contribution in [1.82, 2.24) is 0 Å². The third-order valence-electron chi connectivity index (χ3n) is 5.23. The molecule has 3 saturated heterocycles. The topological polar surface area (TPSA) is 63.2 Å². The van der Waals surface area contributed by atoms with Crippen LogP contribution in [0, 0.1) is 0 Å². The second-order valence-electron chi connectivity index (χ2n) is 6.87. The lowest BCUT2D eigenvalue weighted by molar-refractivity contribution is -0.294. The fraction of sp³-hybridized carbons (Fsp3) is 0.381. The number of hydrogen-bond donors (Lipinski definition) is 0. The minimum atomic E-state index is -1.40. The highest BCUT2D eigenvalue weighted by molar-refractivity contribution is 5.92. The standard InChI is InChI=1S/C21H20O6/c22-19-18-17(13-25-20(19)14-23-11-12-24-20)26-21(27-18,15-7-3-1-4-8-15)16-9-5-2-6-10-16/h1-10,17-18H,11-14H2/t17-,18-,20-/m1/s1. The SMILES string of the molecule is O=C1[C@@H]2OC(c3ccccc3)(c3ccccc3)O[C@@H]2CO[C@]12COCCO2. The Morgan fingerprint density at radius 3 is 2.07 bits per heavy atom. The second kappa shape index (κ2) is 6.51. The first-order valence-corrected chi connectivity index (χ1v) is 9.10. The summed E-state index contributed by atoms with van der Waals surface area (Å²) < 4.78 is 29.6. The highest BCUT2D eigenvalue weighted by atomic mass is 16.8. The zero-order valence-electron chi connectivity index (χ0n) is 14.7. The number of ether oxygens (including phenoxy) is 5. The van der Waals surface area contributed by atoms with Gasteiger partial charge in [0, 0.05) is 11.1 Å². The van der Waals surface area contributed by atoms with Gasteiger partial charge in [0.2, 0.25) is 11.6 Å². The maximum atomic E-state index is 13.2. The van der Waals surface area contributed by atoms with Crippen LogP contribution in [0.5, 0.6) is 0 Å². The highest BCUT2D eigenvalue weighted by Crippen LogP contribution is 2.46. The van der Waals surface area contributed by atoms with Gasteiger partial charge in [-0.2, -0.15) is 0 Å². The number of ketones is 1. The molecule has 6 heteroatoms. The van der Waals surface area contributed by atoms with E-state index in [1.165, 1.54) is 0 Å². The van der Waals surface area contributed by atoms with Gasteiger partial charge in [-0.05, 0) is 0 Å². The number of Topliss-reactive ketones (excluding diaryl/α,β-unsaturated/α-hetero) is 1. The van der Waals surface area contributed by atoms with Crippen LogP contribution in [-0.2, 0) is 34.3 Å². The van der Waals surface area contributed by atoms with Gasteiger partial charge >= 0.3 is 0 Å². The highest BCUT2D eigenvalue weighted by Gasteiger charge is 2.61. The number of carbonyl (C=O) groups is 1. The van der Waals surface area contributed by atoms with Gasteiger partial charge in [0.15, 0.2) is 6.10 Å². The zero-order valence-corrected chi connectivity index (χ0v) is 14.7. The van der Waals surface area contributed by atoms with Crippen LogP contribution in [-0.4, -0.2) is 50.2 Å². The minimum Gasteiger partial charge on any atom is -0.373 e. The number of rotatable bonds is 2. The Bertz CT molecular complexity index is 776. The van der Waals surface area contributed by atoms with Crippen molar-refractivity contribution in [3.8, 4) is 0 Å². The molecule has 0 amide bonds. The summed E-state index contributed by atoms with van der Waals surface area (Å²) in [7, 11) is 0. The van der Waals surface area contributed by atoms with Crippen LogP contribution in [0.3, 0.4) is 0 Å². The van der Waals surface area contributed by atoms with E-state index in [1.807, 2.05) is 60.7 Å². The molecule has 2 aromatic carbocycles. The molecule has 27 heavy (non-hydrogen) atoms. The van der Waals surface area contributed by atoms with E-state index in [-0.39, 0.29) is 19.0 Å². The van der Waals surface area contributed by atoms with Gasteiger partial charge in [-0.15, -0.1) is 0 Å². The largest absolute Gasteiger partial charge is 0.373 e. The second-order valence-corrected chi connectivity index (χ2v) is 6.87. The summed E-state index contributed by atoms with van der Waals surface area (Å²) in [5.41, 5.74) is 1.65. The average Bonchev–Trinajstić information content (AvgIpc) is 3.15. The Morgan fingerprint density at radius 2 is 1.48 bits per heavy atom. The van der Waals surface area contributed by atoms with E-state index in [1.54, 1.807) is 0 Å². The Morgan fingerprint density at radius 1 is 0.815 bits per heavy atom. The first-order chi connectivity index (χ1) is 13.2. The summed E-state index contributed by atoms with van der Waals surface area (Å²) in [6.45, 7) is 1.03. The lowest BCUT2D eigenvalue weighted by Crippen LogP contribution is -2.62. The summed E-state index contributed by atoms with van der Waals surface area (Å²) in [6, 6.07) is 19.3. The molecule has 0 radical (unpaired) electrons. The van der Waals surface area contributed by atoms with Crippen molar-refractivity contribution in [2.75, 3.05) is 26.4 Å². The summed E-state index contributed by atoms with van der Waals surface area (Å²) in [5, 5.41) is 0. The van der Waals surface area contributed by atoms with Gasteiger partial charge in [0.05, 0.1) is 19.8 Å². The quantitative estimate of drug-likeness (QED) is 0.808. The minimum absolute atomic E-state index is 0.0715. The molecule has 3 aliphatic rings. The zero-order chi connectivity index (χ0) is 18.3. The van der Waals surface area contributed by atoms with Crippen molar-refractivity contribution >= 4 is 5.78 Å². The van der Waals surface area contributed by atoms with Crippen molar-refractivity contribution in [3.05, 3.63) is 71.8 Å². The number of benzene rings is 2. The van der Waals surface area contributed by atoms with E-state index in [2.05, 4.69) is 0 Å². The molecule has 140 valence electrons. The molecule has 2 aromatic rings. The normalized spacial score (nSPS) is 32.4. The fourth-order valence-corrected chi connectivity index (χ4v) is 3.90. The number of carbonyl (C=O) groups excluding carboxylic acids is 1. The molecule has 3 fully saturated rings. The van der Waals surface area contributed by atoms with E-state index in [0.29, 0.717) is 13.2 Å². The third-order valence-corrected chi connectivity index (χ3v) is 5.23. The van der Waals surface area contributed by atoms with Gasteiger partial charge < -0.3 is 23.7 Å². The van der Waals surface area contributed by atoms with E-state index in [9.17, 15) is 4.79 Å². The van der Waals surface area contributed by atoms with Crippen LogP contribution in [0.4, 0.5) is 0 Å². The molecule has 1 spiro atoms. The van der Waals surface area contributed by atoms with E-state index < -0.39 is 23.8 Å². The molecule has 3 aliphatic heterocycles. The van der Waals surface area contributed by atoms with Crippen LogP contribution in [0.25, 0.3) is 0 Å². The van der Waals surface area contributed by atoms with Crippen molar-refractivity contribution < 1.29 is 28.5 Å². The van der Waals surface area contributed by atoms with E-state index >= 15 is 0 Å². The first kappa shape index (κ1) is 17.0. The molecule has 0 saturated carbocycles. The maximum Gasteiger partial charge on any atom is 0.256 e. The monoisotopic (exact) mass is 368 g/mol. The van der Waals surface area contributed by atoms with Crippen LogP contribution < -0.4 is 0 Å². The maximum absolute atomic E-state index is 13.2. The van der Waals surface area contributed by atoms with Crippen LogP contribution in [0.1, 0.15) is 11.1 Å². The molecule has 0 unspecified atom stereocenters. The van der Waals surface area contributed by atoms with Crippen molar-refractivity contribution in [2.45, 2.75) is 23.8 Å². The van der Waals surface area contributed by atoms with Gasteiger partial charge in [0.1, 0.15) is 12.7 Å². The number of fused-ring (bicyclic) bond motifs is 1. The molecule has 0 N–H and O–H groups in total. The van der Waals surface area contributed by atoms with Gasteiger partial charge in [-0.25, -0.2) is 0 Å². The van der Waals surface area contributed by atoms with E-state index in [0.717, 1.165) is 11.1 Å². The molecular formula is C21H20O6. The molecule has 3 atom stereocenters. The van der Waals surface area contributed by atoms with Crippen molar-refractivity contribution in [1.29, 1.82) is 0 Å². The molecule has 0 bridgehead atoms. The molecule has 3 heterocycles. The lowest BCUT2D eigenvalue weighted by atomic mass is 9.97. The molecule has 5 rings (SSSR count). The van der Waals surface area contributed by atoms with Gasteiger partial charge in [0.25, 0.3) is 5.79 Å². The molecular weight excluding hydrogens is 348 g/mol. The lowest BCUT2D eigenvalue weighted by Gasteiger charge is -2.40. The Kier molecular flexibility index (Phi) is 4.11.